The van der Waals surface area contributed by atoms with Crippen molar-refractivity contribution >= 4 is 30.3 Å². The molecule has 0 heterocycles. The molecule has 2 rings (SSSR count). The summed E-state index contributed by atoms with van der Waals surface area (Å²) in [5.41, 5.74) is 1.75. The third kappa shape index (κ3) is 3.23. The number of hydrogen-bond donors (Lipinski definition) is 2. The van der Waals surface area contributed by atoms with Crippen LogP contribution in [0.25, 0.3) is 0 Å². The smallest absolute Gasteiger partial charge is 0.251 e. The number of thioether (sulfide) groups is 1. The third-order valence-corrected chi connectivity index (χ3v) is 4.89. The zero-order chi connectivity index (χ0) is 13.1. The second-order valence-corrected chi connectivity index (χ2v) is 6.49. The lowest BCUT2D eigenvalue weighted by Crippen LogP contribution is -2.33. The molecule has 1 fully saturated rings. The Morgan fingerprint density at radius 2 is 2.22 bits per heavy atom. The van der Waals surface area contributed by atoms with E-state index in [4.69, 9.17) is 0 Å². The minimum Gasteiger partial charge on any atom is -0.349 e. The summed E-state index contributed by atoms with van der Waals surface area (Å²) in [7, 11) is 0. The van der Waals surface area contributed by atoms with E-state index < -0.39 is 0 Å². The number of thiol groups is 1. The number of rotatable bonds is 3. The number of nitrogens with one attached hydrogen (secondary N) is 1. The molecule has 0 spiro atoms. The minimum atomic E-state index is 0.0372. The zero-order valence-corrected chi connectivity index (χ0v) is 12.5. The first kappa shape index (κ1) is 13.8. The number of carbonyl (C=O) groups excluding carboxylic acids is 1. The Morgan fingerprint density at radius 3 is 2.89 bits per heavy atom. The monoisotopic (exact) mass is 281 g/mol. The Bertz CT molecular complexity index is 447. The van der Waals surface area contributed by atoms with Crippen LogP contribution in [-0.4, -0.2) is 23.5 Å². The fourth-order valence-electron chi connectivity index (χ4n) is 2.40. The van der Waals surface area contributed by atoms with E-state index in [1.165, 1.54) is 6.42 Å². The molecule has 2 unspecified atom stereocenters. The first-order valence-electron chi connectivity index (χ1n) is 6.23. The Hall–Kier alpha value is -0.610. The van der Waals surface area contributed by atoms with Crippen molar-refractivity contribution < 1.29 is 4.79 Å². The van der Waals surface area contributed by atoms with Crippen LogP contribution >= 0.6 is 24.4 Å². The highest BCUT2D eigenvalue weighted by molar-refractivity contribution is 7.99. The lowest BCUT2D eigenvalue weighted by molar-refractivity contribution is 0.0937. The molecule has 0 aliphatic heterocycles. The summed E-state index contributed by atoms with van der Waals surface area (Å²) in [5.74, 6) is 0.0372. The average Bonchev–Trinajstić information content (AvgIpc) is 2.80. The van der Waals surface area contributed by atoms with Crippen LogP contribution in [0.15, 0.2) is 23.1 Å². The molecule has 1 aliphatic rings. The van der Waals surface area contributed by atoms with Gasteiger partial charge in [-0.1, -0.05) is 6.07 Å². The highest BCUT2D eigenvalue weighted by Gasteiger charge is 2.25. The van der Waals surface area contributed by atoms with Crippen molar-refractivity contribution in [1.29, 1.82) is 0 Å². The first-order valence-corrected chi connectivity index (χ1v) is 7.97. The molecular weight excluding hydrogens is 262 g/mol. The largest absolute Gasteiger partial charge is 0.349 e. The van der Waals surface area contributed by atoms with Gasteiger partial charge in [-0.05, 0) is 50.1 Å². The Labute approximate surface area is 118 Å². The summed E-state index contributed by atoms with van der Waals surface area (Å²) in [4.78, 5) is 13.0. The number of hydrogen-bond acceptors (Lipinski definition) is 3. The minimum absolute atomic E-state index is 0.0372. The Kier molecular flexibility index (Phi) is 4.62. The Morgan fingerprint density at radius 1 is 1.44 bits per heavy atom. The predicted octanol–water partition coefficient (Wildman–Crippen LogP) is 3.30. The van der Waals surface area contributed by atoms with E-state index in [9.17, 15) is 4.79 Å². The van der Waals surface area contributed by atoms with Gasteiger partial charge >= 0.3 is 0 Å². The van der Waals surface area contributed by atoms with E-state index in [0.717, 1.165) is 28.9 Å². The van der Waals surface area contributed by atoms with Gasteiger partial charge in [0.25, 0.3) is 5.91 Å². The molecule has 0 bridgehead atoms. The first-order chi connectivity index (χ1) is 8.60. The predicted molar refractivity (Wildman–Crippen MR) is 80.8 cm³/mol. The van der Waals surface area contributed by atoms with E-state index in [2.05, 4.69) is 24.2 Å². The van der Waals surface area contributed by atoms with Crippen molar-refractivity contribution in [3.05, 3.63) is 29.3 Å². The number of benzene rings is 1. The molecule has 1 aliphatic carbocycles. The van der Waals surface area contributed by atoms with Gasteiger partial charge in [0, 0.05) is 21.8 Å². The molecule has 4 heteroatoms. The molecule has 0 radical (unpaired) electrons. The molecule has 98 valence electrons. The van der Waals surface area contributed by atoms with Crippen LogP contribution in [0.4, 0.5) is 0 Å². The molecule has 18 heavy (non-hydrogen) atoms. The summed E-state index contributed by atoms with van der Waals surface area (Å²) in [6.45, 7) is 1.96. The van der Waals surface area contributed by atoms with Crippen LogP contribution in [0.1, 0.15) is 35.2 Å². The van der Waals surface area contributed by atoms with Gasteiger partial charge in [-0.3, -0.25) is 4.79 Å². The maximum Gasteiger partial charge on any atom is 0.251 e. The van der Waals surface area contributed by atoms with Gasteiger partial charge in [-0.2, -0.15) is 11.8 Å². The van der Waals surface area contributed by atoms with Crippen LogP contribution < -0.4 is 5.32 Å². The maximum atomic E-state index is 12.2. The second-order valence-electron chi connectivity index (χ2n) is 4.84. The van der Waals surface area contributed by atoms with Crippen LogP contribution in [0.5, 0.6) is 0 Å². The standard InChI is InChI=1S/C14H19NOS2/c1-9-3-5-11(17)8-13(9)14(16)15-10-4-6-12(7-10)18-2/h3,5,8,10,12,17H,4,6-7H2,1-2H3,(H,15,16). The second kappa shape index (κ2) is 6.02. The van der Waals surface area contributed by atoms with Crippen molar-refractivity contribution in [2.45, 2.75) is 42.4 Å². The van der Waals surface area contributed by atoms with Gasteiger partial charge in [0.2, 0.25) is 0 Å². The lowest BCUT2D eigenvalue weighted by atomic mass is 10.1. The van der Waals surface area contributed by atoms with Crippen molar-refractivity contribution in [2.75, 3.05) is 6.26 Å². The molecule has 1 aromatic rings. The molecule has 2 nitrogen and oxygen atoms in total. The number of amides is 1. The van der Waals surface area contributed by atoms with Crippen molar-refractivity contribution in [1.82, 2.24) is 5.32 Å². The molecule has 0 aromatic heterocycles. The van der Waals surface area contributed by atoms with Gasteiger partial charge in [0.15, 0.2) is 0 Å². The van der Waals surface area contributed by atoms with Gasteiger partial charge in [0.05, 0.1) is 0 Å². The van der Waals surface area contributed by atoms with Crippen LogP contribution in [-0.2, 0) is 0 Å². The highest BCUT2D eigenvalue weighted by atomic mass is 32.2. The number of carbonyl (C=O) groups is 1. The van der Waals surface area contributed by atoms with Crippen LogP contribution in [0.2, 0.25) is 0 Å². The average molecular weight is 281 g/mol. The zero-order valence-electron chi connectivity index (χ0n) is 10.8. The molecule has 2 atom stereocenters. The van der Waals surface area contributed by atoms with Crippen molar-refractivity contribution in [2.24, 2.45) is 0 Å². The summed E-state index contributed by atoms with van der Waals surface area (Å²) < 4.78 is 0. The van der Waals surface area contributed by atoms with E-state index in [1.807, 2.05) is 36.9 Å². The molecule has 1 amide bonds. The van der Waals surface area contributed by atoms with E-state index in [-0.39, 0.29) is 5.91 Å². The third-order valence-electron chi connectivity index (χ3n) is 3.52. The van der Waals surface area contributed by atoms with E-state index in [0.29, 0.717) is 11.3 Å². The van der Waals surface area contributed by atoms with Gasteiger partial charge in [0.1, 0.15) is 0 Å². The highest BCUT2D eigenvalue weighted by Crippen LogP contribution is 2.28. The SMILES string of the molecule is CSC1CCC(NC(=O)c2cc(S)ccc2C)C1. The molecule has 1 N–H and O–H groups in total. The fraction of sp³-hybridized carbons (Fsp3) is 0.500. The van der Waals surface area contributed by atoms with Crippen LogP contribution in [0.3, 0.4) is 0 Å². The van der Waals surface area contributed by atoms with Gasteiger partial charge in [-0.25, -0.2) is 0 Å². The fourth-order valence-corrected chi connectivity index (χ4v) is 3.40. The number of aryl methyl sites for hydroxylation is 1. The van der Waals surface area contributed by atoms with Gasteiger partial charge < -0.3 is 5.32 Å². The Balaban J connectivity index is 2.02. The summed E-state index contributed by atoms with van der Waals surface area (Å²) in [6, 6.07) is 6.03. The maximum absolute atomic E-state index is 12.2. The molecule has 0 saturated heterocycles. The topological polar surface area (TPSA) is 29.1 Å². The van der Waals surface area contributed by atoms with Crippen molar-refractivity contribution in [3.63, 3.8) is 0 Å². The van der Waals surface area contributed by atoms with Crippen molar-refractivity contribution in [3.8, 4) is 0 Å². The van der Waals surface area contributed by atoms with Crippen LogP contribution in [0, 0.1) is 6.92 Å². The molecule has 1 aromatic carbocycles. The normalized spacial score (nSPS) is 23.1. The van der Waals surface area contributed by atoms with E-state index in [1.54, 1.807) is 0 Å². The lowest BCUT2D eigenvalue weighted by Gasteiger charge is -2.14. The molecule has 1 saturated carbocycles. The quantitative estimate of drug-likeness (QED) is 0.832. The van der Waals surface area contributed by atoms with Gasteiger partial charge in [-0.15, -0.1) is 12.6 Å². The summed E-state index contributed by atoms with van der Waals surface area (Å²) in [6.07, 6.45) is 5.53. The summed E-state index contributed by atoms with van der Waals surface area (Å²) in [5, 5.41) is 3.84. The molecular formula is C14H19NOS2. The summed E-state index contributed by atoms with van der Waals surface area (Å²) >= 11 is 6.19. The van der Waals surface area contributed by atoms with E-state index >= 15 is 0 Å².